The fourth-order valence-electron chi connectivity index (χ4n) is 5.33. The number of nitrogens with zero attached hydrogens (tertiary/aromatic N) is 1. The first-order chi connectivity index (χ1) is 9.60. The molecule has 3 heteroatoms. The van der Waals surface area contributed by atoms with Gasteiger partial charge in [0.2, 0.25) is 0 Å². The lowest BCUT2D eigenvalue weighted by atomic mass is 9.66. The van der Waals surface area contributed by atoms with Crippen LogP contribution in [-0.2, 0) is 9.53 Å². The Morgan fingerprint density at radius 1 is 1.00 bits per heavy atom. The molecule has 2 saturated carbocycles. The third kappa shape index (κ3) is 2.61. The molecule has 1 aliphatic heterocycles. The van der Waals surface area contributed by atoms with Gasteiger partial charge in [0.1, 0.15) is 6.10 Å². The van der Waals surface area contributed by atoms with Gasteiger partial charge in [-0.3, -0.25) is 4.79 Å². The molecule has 0 aromatic carbocycles. The molecule has 3 nitrogen and oxygen atoms in total. The molecule has 1 saturated heterocycles. The average Bonchev–Trinajstić information content (AvgIpc) is 2.38. The van der Waals surface area contributed by atoms with Gasteiger partial charge >= 0.3 is 5.97 Å². The van der Waals surface area contributed by atoms with Crippen LogP contribution in [0, 0.1) is 11.8 Å². The van der Waals surface area contributed by atoms with Crippen molar-refractivity contribution in [2.45, 2.75) is 70.4 Å². The van der Waals surface area contributed by atoms with Crippen LogP contribution < -0.4 is 0 Å². The molecule has 3 aliphatic rings. The first kappa shape index (κ1) is 14.4. The van der Waals surface area contributed by atoms with E-state index in [0.29, 0.717) is 11.8 Å². The van der Waals surface area contributed by atoms with E-state index in [9.17, 15) is 4.79 Å². The second-order valence-corrected chi connectivity index (χ2v) is 7.56. The van der Waals surface area contributed by atoms with Crippen molar-refractivity contribution >= 4 is 5.97 Å². The number of fused-ring (bicyclic) bond motifs is 2. The third-order valence-electron chi connectivity index (χ3n) is 6.27. The molecular weight excluding hydrogens is 250 g/mol. The molecule has 3 fully saturated rings. The van der Waals surface area contributed by atoms with Crippen molar-refractivity contribution < 1.29 is 14.0 Å². The third-order valence-corrected chi connectivity index (χ3v) is 6.27. The monoisotopic (exact) mass is 280 g/mol. The number of hydrogen-bond donors (Lipinski definition) is 0. The van der Waals surface area contributed by atoms with E-state index in [1.165, 1.54) is 68.9 Å². The molecule has 20 heavy (non-hydrogen) atoms. The lowest BCUT2D eigenvalue weighted by Crippen LogP contribution is -2.63. The number of hydrogen-bond acceptors (Lipinski definition) is 2. The summed E-state index contributed by atoms with van der Waals surface area (Å²) in [5, 5.41) is 0. The summed E-state index contributed by atoms with van der Waals surface area (Å²) in [5.74, 6) is 1.19. The Morgan fingerprint density at radius 3 is 2.45 bits per heavy atom. The lowest BCUT2D eigenvalue weighted by Gasteiger charge is -2.54. The zero-order valence-corrected chi connectivity index (χ0v) is 13.1. The second-order valence-electron chi connectivity index (χ2n) is 7.56. The van der Waals surface area contributed by atoms with Crippen LogP contribution in [0.3, 0.4) is 0 Å². The highest BCUT2D eigenvalue weighted by molar-refractivity contribution is 5.66. The summed E-state index contributed by atoms with van der Waals surface area (Å²) in [6.07, 6.45) is 10.9. The smallest absolute Gasteiger partial charge is 0.302 e. The second kappa shape index (κ2) is 5.67. The van der Waals surface area contributed by atoms with Crippen LogP contribution >= 0.6 is 0 Å². The molecule has 4 atom stereocenters. The van der Waals surface area contributed by atoms with E-state index >= 15 is 0 Å². The van der Waals surface area contributed by atoms with Gasteiger partial charge in [0.15, 0.2) is 0 Å². The molecule has 3 rings (SSSR count). The zero-order valence-electron chi connectivity index (χ0n) is 13.1. The topological polar surface area (TPSA) is 26.3 Å². The van der Waals surface area contributed by atoms with Crippen molar-refractivity contribution in [3.8, 4) is 0 Å². The van der Waals surface area contributed by atoms with Crippen LogP contribution in [0.5, 0.6) is 0 Å². The van der Waals surface area contributed by atoms with E-state index in [4.69, 9.17) is 4.74 Å². The van der Waals surface area contributed by atoms with Gasteiger partial charge in [-0.15, -0.1) is 0 Å². The van der Waals surface area contributed by atoms with Crippen molar-refractivity contribution in [2.24, 2.45) is 11.8 Å². The molecule has 2 bridgehead atoms. The summed E-state index contributed by atoms with van der Waals surface area (Å²) in [6.45, 7) is 4.24. The van der Waals surface area contributed by atoms with Crippen LogP contribution in [-0.4, -0.2) is 42.7 Å². The first-order valence-electron chi connectivity index (χ1n) is 8.61. The minimum atomic E-state index is -0.0751. The predicted octanol–water partition coefficient (Wildman–Crippen LogP) is 3.13. The summed E-state index contributed by atoms with van der Waals surface area (Å²) in [5.41, 5.74) is 0. The van der Waals surface area contributed by atoms with Gasteiger partial charge in [-0.25, -0.2) is 0 Å². The lowest BCUT2D eigenvalue weighted by molar-refractivity contribution is -0.943. The Kier molecular flexibility index (Phi) is 4.07. The molecule has 0 aromatic rings. The molecule has 0 radical (unpaired) electrons. The summed E-state index contributed by atoms with van der Waals surface area (Å²) in [4.78, 5) is 11.5. The van der Waals surface area contributed by atoms with Crippen LogP contribution in [0.1, 0.15) is 58.3 Å². The van der Waals surface area contributed by atoms with Gasteiger partial charge in [0, 0.05) is 19.3 Å². The fourth-order valence-corrected chi connectivity index (χ4v) is 5.33. The quantitative estimate of drug-likeness (QED) is 0.574. The molecule has 2 aliphatic carbocycles. The number of esters is 1. The maximum atomic E-state index is 11.5. The summed E-state index contributed by atoms with van der Waals surface area (Å²) >= 11 is 0. The van der Waals surface area contributed by atoms with Crippen LogP contribution in [0.4, 0.5) is 0 Å². The normalized spacial score (nSPS) is 40.1. The Bertz CT molecular complexity index is 362. The summed E-state index contributed by atoms with van der Waals surface area (Å²) in [6, 6.07) is 0.733. The molecule has 0 spiro atoms. The van der Waals surface area contributed by atoms with E-state index < -0.39 is 0 Å². The van der Waals surface area contributed by atoms with Gasteiger partial charge < -0.3 is 9.22 Å². The van der Waals surface area contributed by atoms with Crippen molar-refractivity contribution in [1.82, 2.24) is 0 Å². The maximum absolute atomic E-state index is 11.5. The van der Waals surface area contributed by atoms with Crippen molar-refractivity contribution in [1.29, 1.82) is 0 Å². The minimum absolute atomic E-state index is 0.0751. The van der Waals surface area contributed by atoms with Gasteiger partial charge in [-0.1, -0.05) is 6.42 Å². The Labute approximate surface area is 123 Å². The highest BCUT2D eigenvalue weighted by Gasteiger charge is 2.50. The SMILES string of the molecule is CC(=O)O[C@H]1[C@H]2CCC[C@@H]1[C@H]([N+]1(C)CCCCC1)CC2. The summed E-state index contributed by atoms with van der Waals surface area (Å²) < 4.78 is 7.02. The van der Waals surface area contributed by atoms with E-state index in [2.05, 4.69) is 7.05 Å². The minimum Gasteiger partial charge on any atom is -0.462 e. The van der Waals surface area contributed by atoms with E-state index in [-0.39, 0.29) is 12.1 Å². The number of quaternary nitrogens is 1. The maximum Gasteiger partial charge on any atom is 0.302 e. The molecule has 0 unspecified atom stereocenters. The van der Waals surface area contributed by atoms with E-state index in [0.717, 1.165) is 6.04 Å². The number of rotatable bonds is 2. The number of carbonyl (C=O) groups excluding carboxylic acids is 1. The standard InChI is InChI=1S/C17H30NO2/c1-13(19)20-17-14-7-6-8-15(17)16(10-9-14)18(2)11-4-3-5-12-18/h14-17H,3-12H2,1-2H3/q+1/t14-,15+,16+,17-/m0/s1. The highest BCUT2D eigenvalue weighted by atomic mass is 16.5. The fraction of sp³-hybridized carbons (Fsp3) is 0.941. The summed E-state index contributed by atoms with van der Waals surface area (Å²) in [7, 11) is 2.46. The largest absolute Gasteiger partial charge is 0.462 e. The number of piperidine rings is 1. The van der Waals surface area contributed by atoms with E-state index in [1.807, 2.05) is 0 Å². The van der Waals surface area contributed by atoms with Gasteiger partial charge in [0.25, 0.3) is 0 Å². The van der Waals surface area contributed by atoms with Crippen molar-refractivity contribution in [3.05, 3.63) is 0 Å². The van der Waals surface area contributed by atoms with Crippen LogP contribution in [0.2, 0.25) is 0 Å². The Morgan fingerprint density at radius 2 is 1.75 bits per heavy atom. The first-order valence-corrected chi connectivity index (χ1v) is 8.61. The van der Waals surface area contributed by atoms with Crippen molar-refractivity contribution in [3.63, 3.8) is 0 Å². The molecule has 0 N–H and O–H groups in total. The van der Waals surface area contributed by atoms with Crippen LogP contribution in [0.15, 0.2) is 0 Å². The highest BCUT2D eigenvalue weighted by Crippen LogP contribution is 2.46. The molecule has 114 valence electrons. The number of carbonyl (C=O) groups is 1. The molecule has 0 amide bonds. The molecular formula is C17H30NO2+. The van der Waals surface area contributed by atoms with Gasteiger partial charge in [0.05, 0.1) is 26.2 Å². The predicted molar refractivity (Wildman–Crippen MR) is 79.2 cm³/mol. The van der Waals surface area contributed by atoms with E-state index in [1.54, 1.807) is 6.92 Å². The van der Waals surface area contributed by atoms with Gasteiger partial charge in [-0.2, -0.15) is 0 Å². The van der Waals surface area contributed by atoms with Gasteiger partial charge in [-0.05, 0) is 44.4 Å². The Hall–Kier alpha value is -0.570. The van der Waals surface area contributed by atoms with Crippen molar-refractivity contribution in [2.75, 3.05) is 20.1 Å². The molecule has 1 heterocycles. The number of likely N-dealkylation sites (tertiary alicyclic amines) is 1. The average molecular weight is 280 g/mol. The number of ether oxygens (including phenoxy) is 1. The Balaban J connectivity index is 1.79. The van der Waals surface area contributed by atoms with Crippen LogP contribution in [0.25, 0.3) is 0 Å². The zero-order chi connectivity index (χ0) is 14.2. The molecule has 0 aromatic heterocycles.